The number of esters is 1. The minimum absolute atomic E-state index is 0.166. The van der Waals surface area contributed by atoms with E-state index in [0.717, 1.165) is 11.3 Å². The SMILES string of the molecule is CCOC(=O)c1ccc(NC(=O)c2csc(NC(=O)c3ccc(OC)cc3)n2)cc1. The zero-order chi connectivity index (χ0) is 21.5. The maximum absolute atomic E-state index is 12.4. The van der Waals surface area contributed by atoms with Gasteiger partial charge in [0.15, 0.2) is 5.13 Å². The van der Waals surface area contributed by atoms with Gasteiger partial charge in [0.25, 0.3) is 11.8 Å². The first-order chi connectivity index (χ1) is 14.5. The Morgan fingerprint density at radius 3 is 2.23 bits per heavy atom. The molecule has 0 unspecified atom stereocenters. The molecule has 0 saturated heterocycles. The molecule has 9 heteroatoms. The normalized spacial score (nSPS) is 10.2. The smallest absolute Gasteiger partial charge is 0.338 e. The molecule has 2 N–H and O–H groups in total. The zero-order valence-corrected chi connectivity index (χ0v) is 17.1. The zero-order valence-electron chi connectivity index (χ0n) is 16.3. The van der Waals surface area contributed by atoms with Gasteiger partial charge in [-0.2, -0.15) is 0 Å². The second-order valence-corrected chi connectivity index (χ2v) is 6.83. The quantitative estimate of drug-likeness (QED) is 0.557. The van der Waals surface area contributed by atoms with E-state index in [9.17, 15) is 14.4 Å². The molecule has 0 fully saturated rings. The number of benzene rings is 2. The van der Waals surface area contributed by atoms with Gasteiger partial charge in [0.2, 0.25) is 0 Å². The summed E-state index contributed by atoms with van der Waals surface area (Å²) >= 11 is 1.14. The van der Waals surface area contributed by atoms with Gasteiger partial charge in [-0.25, -0.2) is 9.78 Å². The molecule has 0 saturated carbocycles. The molecule has 0 aliphatic heterocycles. The molecule has 0 aliphatic carbocycles. The van der Waals surface area contributed by atoms with E-state index in [4.69, 9.17) is 9.47 Å². The van der Waals surface area contributed by atoms with Crippen molar-refractivity contribution in [3.8, 4) is 5.75 Å². The van der Waals surface area contributed by atoms with E-state index in [1.807, 2.05) is 0 Å². The minimum Gasteiger partial charge on any atom is -0.497 e. The van der Waals surface area contributed by atoms with Crippen LogP contribution in [0, 0.1) is 0 Å². The molecule has 0 spiro atoms. The number of hydrogen-bond acceptors (Lipinski definition) is 7. The van der Waals surface area contributed by atoms with Crippen molar-refractivity contribution in [2.24, 2.45) is 0 Å². The summed E-state index contributed by atoms with van der Waals surface area (Å²) in [5, 5.41) is 7.21. The number of carbonyl (C=O) groups excluding carboxylic acids is 3. The van der Waals surface area contributed by atoms with Gasteiger partial charge in [0.1, 0.15) is 11.4 Å². The highest BCUT2D eigenvalue weighted by Crippen LogP contribution is 2.19. The molecule has 154 valence electrons. The summed E-state index contributed by atoms with van der Waals surface area (Å²) in [5.74, 6) is -0.546. The minimum atomic E-state index is -0.430. The third-order valence-corrected chi connectivity index (χ3v) is 4.72. The first-order valence-corrected chi connectivity index (χ1v) is 9.87. The molecular formula is C21H19N3O5S. The number of anilines is 2. The van der Waals surface area contributed by atoms with Crippen LogP contribution in [0.5, 0.6) is 5.75 Å². The van der Waals surface area contributed by atoms with Gasteiger partial charge in [-0.05, 0) is 55.5 Å². The first kappa shape index (κ1) is 21.0. The highest BCUT2D eigenvalue weighted by molar-refractivity contribution is 7.14. The van der Waals surface area contributed by atoms with Crippen LogP contribution in [-0.2, 0) is 4.74 Å². The summed E-state index contributed by atoms with van der Waals surface area (Å²) < 4.78 is 9.99. The summed E-state index contributed by atoms with van der Waals surface area (Å²) in [6.07, 6.45) is 0. The van der Waals surface area contributed by atoms with Crippen LogP contribution in [0.3, 0.4) is 0 Å². The van der Waals surface area contributed by atoms with Crippen molar-refractivity contribution in [1.82, 2.24) is 4.98 Å². The average molecular weight is 425 g/mol. The second-order valence-electron chi connectivity index (χ2n) is 5.97. The van der Waals surface area contributed by atoms with Gasteiger partial charge in [0.05, 0.1) is 19.3 Å². The average Bonchev–Trinajstić information content (AvgIpc) is 3.23. The Morgan fingerprint density at radius 1 is 0.933 bits per heavy atom. The van der Waals surface area contributed by atoms with Crippen LogP contribution in [0.1, 0.15) is 38.1 Å². The van der Waals surface area contributed by atoms with Gasteiger partial charge < -0.3 is 14.8 Å². The maximum Gasteiger partial charge on any atom is 0.338 e. The third kappa shape index (κ3) is 5.21. The van der Waals surface area contributed by atoms with Gasteiger partial charge in [-0.3, -0.25) is 14.9 Å². The number of methoxy groups -OCH3 is 1. The van der Waals surface area contributed by atoms with Gasteiger partial charge in [-0.15, -0.1) is 11.3 Å². The number of thiazole rings is 1. The Balaban J connectivity index is 1.60. The predicted molar refractivity (Wildman–Crippen MR) is 113 cm³/mol. The maximum atomic E-state index is 12.4. The summed E-state index contributed by atoms with van der Waals surface area (Å²) in [4.78, 5) is 40.5. The Labute approximate surface area is 176 Å². The van der Waals surface area contributed by atoms with Crippen LogP contribution in [0.4, 0.5) is 10.8 Å². The molecule has 1 aromatic heterocycles. The van der Waals surface area contributed by atoms with Crippen molar-refractivity contribution in [3.05, 3.63) is 70.7 Å². The van der Waals surface area contributed by atoms with Crippen LogP contribution in [0.25, 0.3) is 0 Å². The lowest BCUT2D eigenvalue weighted by atomic mass is 10.2. The molecule has 3 aromatic rings. The number of hydrogen-bond donors (Lipinski definition) is 2. The number of aromatic nitrogens is 1. The summed E-state index contributed by atoms with van der Waals surface area (Å²) in [7, 11) is 1.55. The van der Waals surface area contributed by atoms with Gasteiger partial charge in [0, 0.05) is 16.6 Å². The summed E-state index contributed by atoms with van der Waals surface area (Å²) in [5.41, 5.74) is 1.51. The molecule has 1 heterocycles. The van der Waals surface area contributed by atoms with E-state index in [2.05, 4.69) is 15.6 Å². The van der Waals surface area contributed by atoms with E-state index < -0.39 is 11.9 Å². The first-order valence-electron chi connectivity index (χ1n) is 8.99. The van der Waals surface area contributed by atoms with Gasteiger partial charge >= 0.3 is 5.97 Å². The van der Waals surface area contributed by atoms with Crippen molar-refractivity contribution in [2.75, 3.05) is 24.4 Å². The molecular weight excluding hydrogens is 406 g/mol. The van der Waals surface area contributed by atoms with Gasteiger partial charge in [-0.1, -0.05) is 0 Å². The Hall–Kier alpha value is -3.72. The van der Waals surface area contributed by atoms with Crippen molar-refractivity contribution in [2.45, 2.75) is 6.92 Å². The standard InChI is InChI=1S/C21H19N3O5S/c1-3-29-20(27)14-4-8-15(9-5-14)22-19(26)17-12-30-21(23-17)24-18(25)13-6-10-16(28-2)11-7-13/h4-12H,3H2,1-2H3,(H,22,26)(H,23,24,25). The molecule has 0 radical (unpaired) electrons. The fraction of sp³-hybridized carbons (Fsp3) is 0.143. The lowest BCUT2D eigenvalue weighted by molar-refractivity contribution is 0.0526. The molecule has 0 bridgehead atoms. The fourth-order valence-electron chi connectivity index (χ4n) is 2.45. The number of nitrogens with zero attached hydrogens (tertiary/aromatic N) is 1. The molecule has 30 heavy (non-hydrogen) atoms. The van der Waals surface area contributed by atoms with Crippen molar-refractivity contribution < 1.29 is 23.9 Å². The van der Waals surface area contributed by atoms with E-state index in [0.29, 0.717) is 34.3 Å². The lowest BCUT2D eigenvalue weighted by Gasteiger charge is -2.05. The number of rotatable bonds is 7. The topological polar surface area (TPSA) is 107 Å². The number of amides is 2. The highest BCUT2D eigenvalue weighted by Gasteiger charge is 2.14. The van der Waals surface area contributed by atoms with Crippen LogP contribution < -0.4 is 15.4 Å². The lowest BCUT2D eigenvalue weighted by Crippen LogP contribution is -2.14. The summed E-state index contributed by atoms with van der Waals surface area (Å²) in [6.45, 7) is 2.02. The molecule has 0 aliphatic rings. The Morgan fingerprint density at radius 2 is 1.60 bits per heavy atom. The molecule has 8 nitrogen and oxygen atoms in total. The van der Waals surface area contributed by atoms with E-state index in [-0.39, 0.29) is 11.6 Å². The molecule has 3 rings (SSSR count). The van der Waals surface area contributed by atoms with Crippen molar-refractivity contribution >= 4 is 39.9 Å². The number of nitrogens with one attached hydrogen (secondary N) is 2. The number of carbonyl (C=O) groups is 3. The molecule has 2 amide bonds. The summed E-state index contributed by atoms with van der Waals surface area (Å²) in [6, 6.07) is 13.0. The van der Waals surface area contributed by atoms with E-state index >= 15 is 0 Å². The monoisotopic (exact) mass is 425 g/mol. The van der Waals surface area contributed by atoms with Crippen LogP contribution in [0.15, 0.2) is 53.9 Å². The fourth-order valence-corrected chi connectivity index (χ4v) is 3.13. The van der Waals surface area contributed by atoms with Crippen molar-refractivity contribution in [3.63, 3.8) is 0 Å². The largest absolute Gasteiger partial charge is 0.497 e. The number of ether oxygens (including phenoxy) is 2. The predicted octanol–water partition coefficient (Wildman–Crippen LogP) is 3.83. The molecule has 0 atom stereocenters. The van der Waals surface area contributed by atoms with E-state index in [1.165, 1.54) is 0 Å². The van der Waals surface area contributed by atoms with Crippen LogP contribution in [-0.4, -0.2) is 36.5 Å². The Kier molecular flexibility index (Phi) is 6.76. The van der Waals surface area contributed by atoms with Crippen LogP contribution >= 0.6 is 11.3 Å². The second kappa shape index (κ2) is 9.66. The van der Waals surface area contributed by atoms with Crippen molar-refractivity contribution in [1.29, 1.82) is 0 Å². The van der Waals surface area contributed by atoms with E-state index in [1.54, 1.807) is 67.9 Å². The van der Waals surface area contributed by atoms with Crippen LogP contribution in [0.2, 0.25) is 0 Å². The molecule has 2 aromatic carbocycles. The Bertz CT molecular complexity index is 1050. The third-order valence-electron chi connectivity index (χ3n) is 3.96. The highest BCUT2D eigenvalue weighted by atomic mass is 32.1.